The maximum absolute atomic E-state index is 11.1. The number of hydrogen-bond donors (Lipinski definition) is 1. The third kappa shape index (κ3) is 2.91. The number of aromatic nitrogens is 3. The highest BCUT2D eigenvalue weighted by atomic mass is 16.6. The summed E-state index contributed by atoms with van der Waals surface area (Å²) in [6.45, 7) is 3.37. The van der Waals surface area contributed by atoms with E-state index < -0.39 is 4.92 Å². The fraction of sp³-hybridized carbons (Fsp3) is 0.333. The maximum Gasteiger partial charge on any atom is 0.298 e. The Morgan fingerprint density at radius 2 is 2.30 bits per heavy atom. The predicted octanol–water partition coefficient (Wildman–Crippen LogP) is 1.29. The molecule has 0 aliphatic heterocycles. The molecule has 8 heteroatoms. The minimum Gasteiger partial charge on any atom is -0.496 e. The van der Waals surface area contributed by atoms with Gasteiger partial charge in [-0.25, -0.2) is 4.68 Å². The lowest BCUT2D eigenvalue weighted by Crippen LogP contribution is -2.11. The number of nitro benzene ring substituents is 1. The first-order valence-corrected chi connectivity index (χ1v) is 6.10. The Labute approximate surface area is 115 Å². The van der Waals surface area contributed by atoms with Crippen molar-refractivity contribution in [3.05, 3.63) is 40.2 Å². The summed E-state index contributed by atoms with van der Waals surface area (Å²) in [4.78, 5) is 10.6. The summed E-state index contributed by atoms with van der Waals surface area (Å²) < 4.78 is 6.39. The number of nitro groups is 1. The summed E-state index contributed by atoms with van der Waals surface area (Å²) in [6.07, 6.45) is 1.66. The number of nitrogens with zero attached hydrogens (tertiary/aromatic N) is 4. The molecule has 0 atom stereocenters. The highest BCUT2D eigenvalue weighted by Crippen LogP contribution is 2.27. The Morgan fingerprint density at radius 3 is 2.95 bits per heavy atom. The van der Waals surface area contributed by atoms with E-state index in [1.165, 1.54) is 17.9 Å². The molecule has 106 valence electrons. The van der Waals surface area contributed by atoms with Crippen LogP contribution in [0.4, 0.5) is 5.69 Å². The molecule has 20 heavy (non-hydrogen) atoms. The number of methoxy groups -OCH3 is 1. The molecular weight excluding hydrogens is 262 g/mol. The molecule has 1 N–H and O–H groups in total. The number of nitrogens with one attached hydrogen (secondary N) is 1. The molecule has 1 heterocycles. The highest BCUT2D eigenvalue weighted by molar-refractivity contribution is 5.55. The normalized spacial score (nSPS) is 10.5. The first-order valence-electron chi connectivity index (χ1n) is 6.10. The molecule has 0 amide bonds. The molecule has 0 radical (unpaired) electrons. The molecule has 1 aromatic carbocycles. The zero-order chi connectivity index (χ0) is 14.5. The van der Waals surface area contributed by atoms with Crippen LogP contribution in [0.15, 0.2) is 24.4 Å². The quantitative estimate of drug-likeness (QED) is 0.631. The zero-order valence-electron chi connectivity index (χ0n) is 11.2. The Morgan fingerprint density at radius 1 is 1.50 bits per heavy atom. The third-order valence-corrected chi connectivity index (χ3v) is 2.72. The second kappa shape index (κ2) is 6.11. The van der Waals surface area contributed by atoms with Gasteiger partial charge in [-0.3, -0.25) is 10.1 Å². The molecule has 2 aromatic rings. The van der Waals surface area contributed by atoms with Crippen molar-refractivity contribution in [2.45, 2.75) is 13.5 Å². The molecule has 0 fully saturated rings. The van der Waals surface area contributed by atoms with Crippen molar-refractivity contribution in [2.75, 3.05) is 13.7 Å². The van der Waals surface area contributed by atoms with Crippen molar-refractivity contribution in [3.63, 3.8) is 0 Å². The van der Waals surface area contributed by atoms with Gasteiger partial charge in [0.15, 0.2) is 0 Å². The van der Waals surface area contributed by atoms with Gasteiger partial charge < -0.3 is 10.1 Å². The first kappa shape index (κ1) is 13.9. The molecule has 8 nitrogen and oxygen atoms in total. The minimum absolute atomic E-state index is 0.0794. The number of rotatable bonds is 6. The number of hydrogen-bond acceptors (Lipinski definition) is 6. The Bertz CT molecular complexity index is 611. The smallest absolute Gasteiger partial charge is 0.298 e. The van der Waals surface area contributed by atoms with Crippen LogP contribution in [0.3, 0.4) is 0 Å². The lowest BCUT2D eigenvalue weighted by molar-refractivity contribution is -0.384. The van der Waals surface area contributed by atoms with Gasteiger partial charge in [0.2, 0.25) is 0 Å². The fourth-order valence-corrected chi connectivity index (χ4v) is 1.72. The zero-order valence-corrected chi connectivity index (χ0v) is 11.2. The molecular formula is C12H15N5O3. The van der Waals surface area contributed by atoms with Crippen molar-refractivity contribution < 1.29 is 9.66 Å². The van der Waals surface area contributed by atoms with E-state index in [1.807, 2.05) is 6.92 Å². The Kier molecular flexibility index (Phi) is 4.26. The summed E-state index contributed by atoms with van der Waals surface area (Å²) in [6, 6.07) is 4.59. The van der Waals surface area contributed by atoms with E-state index in [1.54, 1.807) is 18.3 Å². The molecule has 0 aliphatic carbocycles. The van der Waals surface area contributed by atoms with Crippen molar-refractivity contribution in [2.24, 2.45) is 0 Å². The van der Waals surface area contributed by atoms with Crippen LogP contribution in [-0.2, 0) is 6.54 Å². The van der Waals surface area contributed by atoms with E-state index in [9.17, 15) is 10.1 Å². The monoisotopic (exact) mass is 277 g/mol. The topological polar surface area (TPSA) is 95.1 Å². The molecule has 2 rings (SSSR count). The molecule has 0 saturated carbocycles. The number of benzene rings is 1. The maximum atomic E-state index is 11.1. The van der Waals surface area contributed by atoms with Gasteiger partial charge in [-0.1, -0.05) is 12.1 Å². The van der Waals surface area contributed by atoms with Crippen molar-refractivity contribution in [3.8, 4) is 11.4 Å². The standard InChI is InChI=1S/C12H15N5O3/c1-3-13-7-9-8-16(15-14-9)11-5-4-10(20-2)6-12(11)17(18)19/h4-6,8,13H,3,7H2,1-2H3. The van der Waals surface area contributed by atoms with Gasteiger partial charge in [0, 0.05) is 6.54 Å². The van der Waals surface area contributed by atoms with Gasteiger partial charge in [-0.2, -0.15) is 0 Å². The molecule has 0 saturated heterocycles. The van der Waals surface area contributed by atoms with Gasteiger partial charge in [0.05, 0.1) is 30.0 Å². The van der Waals surface area contributed by atoms with Gasteiger partial charge in [-0.15, -0.1) is 5.10 Å². The Hall–Kier alpha value is -2.48. The third-order valence-electron chi connectivity index (χ3n) is 2.72. The van der Waals surface area contributed by atoms with Crippen LogP contribution < -0.4 is 10.1 Å². The molecule has 0 spiro atoms. The van der Waals surface area contributed by atoms with Crippen LogP contribution in [0.5, 0.6) is 5.75 Å². The lowest BCUT2D eigenvalue weighted by atomic mass is 10.2. The average Bonchev–Trinajstić information content (AvgIpc) is 2.93. The van der Waals surface area contributed by atoms with E-state index in [0.29, 0.717) is 18.0 Å². The van der Waals surface area contributed by atoms with E-state index in [2.05, 4.69) is 15.6 Å². The van der Waals surface area contributed by atoms with E-state index in [0.717, 1.165) is 12.2 Å². The SMILES string of the molecule is CCNCc1cn(-c2ccc(OC)cc2[N+](=O)[O-])nn1. The van der Waals surface area contributed by atoms with Crippen LogP contribution >= 0.6 is 0 Å². The first-order chi connectivity index (χ1) is 9.65. The summed E-state index contributed by atoms with van der Waals surface area (Å²) in [5.41, 5.74) is 0.993. The highest BCUT2D eigenvalue weighted by Gasteiger charge is 2.18. The largest absolute Gasteiger partial charge is 0.496 e. The summed E-state index contributed by atoms with van der Waals surface area (Å²) >= 11 is 0. The summed E-state index contributed by atoms with van der Waals surface area (Å²) in [5.74, 6) is 0.424. The van der Waals surface area contributed by atoms with Gasteiger partial charge in [0.1, 0.15) is 11.4 Å². The molecule has 0 aliphatic rings. The van der Waals surface area contributed by atoms with Crippen LogP contribution in [0.2, 0.25) is 0 Å². The van der Waals surface area contributed by atoms with E-state index in [4.69, 9.17) is 4.74 Å². The summed E-state index contributed by atoms with van der Waals surface area (Å²) in [5, 5.41) is 22.1. The van der Waals surface area contributed by atoms with Crippen molar-refractivity contribution in [1.82, 2.24) is 20.3 Å². The summed E-state index contributed by atoms with van der Waals surface area (Å²) in [7, 11) is 1.46. The van der Waals surface area contributed by atoms with Crippen LogP contribution in [0.1, 0.15) is 12.6 Å². The van der Waals surface area contributed by atoms with Crippen molar-refractivity contribution >= 4 is 5.69 Å². The van der Waals surface area contributed by atoms with Gasteiger partial charge in [-0.05, 0) is 18.7 Å². The Balaban J connectivity index is 2.36. The molecule has 0 unspecified atom stereocenters. The van der Waals surface area contributed by atoms with Crippen LogP contribution in [0.25, 0.3) is 5.69 Å². The molecule has 0 bridgehead atoms. The second-order valence-corrected chi connectivity index (χ2v) is 4.05. The number of ether oxygens (including phenoxy) is 1. The second-order valence-electron chi connectivity index (χ2n) is 4.05. The lowest BCUT2D eigenvalue weighted by Gasteiger charge is -2.04. The van der Waals surface area contributed by atoms with Crippen molar-refractivity contribution in [1.29, 1.82) is 0 Å². The van der Waals surface area contributed by atoms with Crippen LogP contribution in [-0.4, -0.2) is 33.6 Å². The van der Waals surface area contributed by atoms with E-state index >= 15 is 0 Å². The van der Waals surface area contributed by atoms with Gasteiger partial charge >= 0.3 is 0 Å². The van der Waals surface area contributed by atoms with Crippen LogP contribution in [0, 0.1) is 10.1 Å². The minimum atomic E-state index is -0.469. The average molecular weight is 277 g/mol. The van der Waals surface area contributed by atoms with E-state index in [-0.39, 0.29) is 5.69 Å². The fourth-order valence-electron chi connectivity index (χ4n) is 1.72. The van der Waals surface area contributed by atoms with Gasteiger partial charge in [0.25, 0.3) is 5.69 Å². The predicted molar refractivity (Wildman–Crippen MR) is 71.9 cm³/mol. The molecule has 1 aromatic heterocycles.